The Hall–Kier alpha value is -2.04. The van der Waals surface area contributed by atoms with E-state index >= 15 is 0 Å². The third-order valence-corrected chi connectivity index (χ3v) is 2.82. The van der Waals surface area contributed by atoms with Crippen molar-refractivity contribution in [2.45, 2.75) is 19.4 Å². The largest absolute Gasteiger partial charge is 0.352 e. The van der Waals surface area contributed by atoms with Gasteiger partial charge in [-0.3, -0.25) is 4.79 Å². The summed E-state index contributed by atoms with van der Waals surface area (Å²) in [5, 5.41) is 2.56. The van der Waals surface area contributed by atoms with Crippen LogP contribution in [0.4, 0.5) is 10.5 Å². The summed E-state index contributed by atoms with van der Waals surface area (Å²) >= 11 is 0. The topological polar surface area (TPSA) is 75.4 Å². The molecule has 17 heavy (non-hydrogen) atoms. The Kier molecular flexibility index (Phi) is 2.99. The Morgan fingerprint density at radius 3 is 2.65 bits per heavy atom. The number of anilines is 1. The number of carbonyl (C=O) groups is 2. The fourth-order valence-corrected chi connectivity index (χ4v) is 1.98. The Morgan fingerprint density at radius 1 is 1.41 bits per heavy atom. The lowest BCUT2D eigenvalue weighted by molar-refractivity contribution is -0.117. The van der Waals surface area contributed by atoms with Gasteiger partial charge in [0.15, 0.2) is 0 Å². The molecule has 5 nitrogen and oxygen atoms in total. The first kappa shape index (κ1) is 11.4. The number of rotatable bonds is 2. The molecule has 0 saturated carbocycles. The highest BCUT2D eigenvalue weighted by molar-refractivity contribution is 5.96. The van der Waals surface area contributed by atoms with E-state index in [0.717, 1.165) is 11.3 Å². The minimum absolute atomic E-state index is 0.00704. The summed E-state index contributed by atoms with van der Waals surface area (Å²) in [6.07, 6.45) is 0.302. The molecular weight excluding hydrogens is 218 g/mol. The Labute approximate surface area is 99.6 Å². The zero-order chi connectivity index (χ0) is 12.4. The highest BCUT2D eigenvalue weighted by Crippen LogP contribution is 2.21. The number of carbonyl (C=O) groups excluding carboxylic acids is 2. The van der Waals surface area contributed by atoms with Crippen LogP contribution in [0.15, 0.2) is 24.3 Å². The first-order valence-electron chi connectivity index (χ1n) is 5.49. The van der Waals surface area contributed by atoms with Gasteiger partial charge in [0, 0.05) is 18.7 Å². The number of amides is 3. The Morgan fingerprint density at radius 2 is 2.06 bits per heavy atom. The first-order chi connectivity index (χ1) is 8.06. The molecule has 5 heteroatoms. The van der Waals surface area contributed by atoms with Crippen LogP contribution in [0.2, 0.25) is 0 Å². The van der Waals surface area contributed by atoms with E-state index in [1.807, 2.05) is 31.2 Å². The Bertz CT molecular complexity index is 442. The lowest BCUT2D eigenvalue weighted by Gasteiger charge is -2.17. The monoisotopic (exact) mass is 233 g/mol. The molecule has 1 aliphatic rings. The van der Waals surface area contributed by atoms with Gasteiger partial charge in [-0.2, -0.15) is 0 Å². The summed E-state index contributed by atoms with van der Waals surface area (Å²) < 4.78 is 0. The molecule has 0 aliphatic carbocycles. The highest BCUT2D eigenvalue weighted by Gasteiger charge is 2.30. The number of primary amides is 1. The average molecular weight is 233 g/mol. The smallest absolute Gasteiger partial charge is 0.312 e. The summed E-state index contributed by atoms with van der Waals surface area (Å²) in [4.78, 5) is 24.2. The van der Waals surface area contributed by atoms with Crippen LogP contribution in [-0.2, 0) is 4.79 Å². The predicted octanol–water partition coefficient (Wildman–Crippen LogP) is 0.769. The van der Waals surface area contributed by atoms with Crippen LogP contribution in [0, 0.1) is 6.92 Å². The number of nitrogens with zero attached hydrogens (tertiary/aromatic N) is 1. The maximum absolute atomic E-state index is 11.8. The van der Waals surface area contributed by atoms with Gasteiger partial charge >= 0.3 is 6.03 Å². The molecule has 1 aliphatic heterocycles. The molecule has 3 amide bonds. The molecule has 0 unspecified atom stereocenters. The van der Waals surface area contributed by atoms with E-state index in [1.165, 1.54) is 0 Å². The SMILES string of the molecule is Cc1ccc(N2C[C@H](NC(N)=O)CC2=O)cc1. The number of hydrogen-bond acceptors (Lipinski definition) is 2. The minimum atomic E-state index is -0.589. The third-order valence-electron chi connectivity index (χ3n) is 2.82. The van der Waals surface area contributed by atoms with E-state index in [4.69, 9.17) is 5.73 Å². The van der Waals surface area contributed by atoms with E-state index in [0.29, 0.717) is 13.0 Å². The second-order valence-corrected chi connectivity index (χ2v) is 4.25. The number of hydrogen-bond donors (Lipinski definition) is 2. The van der Waals surface area contributed by atoms with Crippen molar-refractivity contribution in [3.8, 4) is 0 Å². The molecule has 1 aromatic carbocycles. The number of urea groups is 1. The van der Waals surface area contributed by atoms with Crippen molar-refractivity contribution >= 4 is 17.6 Å². The van der Waals surface area contributed by atoms with Gasteiger partial charge in [-0.1, -0.05) is 17.7 Å². The summed E-state index contributed by atoms with van der Waals surface area (Å²) in [6, 6.07) is 6.93. The van der Waals surface area contributed by atoms with Crippen LogP contribution in [0.5, 0.6) is 0 Å². The van der Waals surface area contributed by atoms with Crippen molar-refractivity contribution in [1.82, 2.24) is 5.32 Å². The van der Waals surface area contributed by atoms with Crippen molar-refractivity contribution < 1.29 is 9.59 Å². The van der Waals surface area contributed by atoms with Crippen LogP contribution >= 0.6 is 0 Å². The van der Waals surface area contributed by atoms with Gasteiger partial charge in [0.1, 0.15) is 0 Å². The fourth-order valence-electron chi connectivity index (χ4n) is 1.98. The summed E-state index contributed by atoms with van der Waals surface area (Å²) in [5.41, 5.74) is 7.04. The highest BCUT2D eigenvalue weighted by atomic mass is 16.2. The molecule has 1 fully saturated rings. The molecule has 1 heterocycles. The van der Waals surface area contributed by atoms with Crippen LogP contribution in [-0.4, -0.2) is 24.5 Å². The van der Waals surface area contributed by atoms with E-state index in [-0.39, 0.29) is 11.9 Å². The van der Waals surface area contributed by atoms with Gasteiger partial charge in [-0.15, -0.1) is 0 Å². The molecular formula is C12H15N3O2. The van der Waals surface area contributed by atoms with E-state index in [2.05, 4.69) is 5.32 Å². The molecule has 0 bridgehead atoms. The normalized spacial score (nSPS) is 19.5. The summed E-state index contributed by atoms with van der Waals surface area (Å²) in [7, 11) is 0. The zero-order valence-electron chi connectivity index (χ0n) is 9.64. The molecule has 0 aromatic heterocycles. The van der Waals surface area contributed by atoms with Gasteiger partial charge in [-0.25, -0.2) is 4.79 Å². The van der Waals surface area contributed by atoms with Gasteiger partial charge in [0.25, 0.3) is 0 Å². The summed E-state index contributed by atoms with van der Waals surface area (Å²) in [6.45, 7) is 2.47. The van der Waals surface area contributed by atoms with Crippen molar-refractivity contribution in [3.05, 3.63) is 29.8 Å². The van der Waals surface area contributed by atoms with Crippen LogP contribution < -0.4 is 16.0 Å². The van der Waals surface area contributed by atoms with Gasteiger partial charge in [0.2, 0.25) is 5.91 Å². The van der Waals surface area contributed by atoms with Crippen molar-refractivity contribution in [2.24, 2.45) is 5.73 Å². The number of aryl methyl sites for hydroxylation is 1. The predicted molar refractivity (Wildman–Crippen MR) is 64.7 cm³/mol. The van der Waals surface area contributed by atoms with Crippen LogP contribution in [0.3, 0.4) is 0 Å². The van der Waals surface area contributed by atoms with E-state index in [1.54, 1.807) is 4.90 Å². The fraction of sp³-hybridized carbons (Fsp3) is 0.333. The lowest BCUT2D eigenvalue weighted by Crippen LogP contribution is -2.40. The second kappa shape index (κ2) is 4.45. The van der Waals surface area contributed by atoms with Crippen molar-refractivity contribution in [3.63, 3.8) is 0 Å². The van der Waals surface area contributed by atoms with Gasteiger partial charge in [-0.05, 0) is 19.1 Å². The molecule has 3 N–H and O–H groups in total. The third kappa shape index (κ3) is 2.55. The average Bonchev–Trinajstić information content (AvgIpc) is 2.59. The first-order valence-corrected chi connectivity index (χ1v) is 5.49. The number of benzene rings is 1. The molecule has 0 spiro atoms. The lowest BCUT2D eigenvalue weighted by atomic mass is 10.2. The van der Waals surface area contributed by atoms with Crippen molar-refractivity contribution in [1.29, 1.82) is 0 Å². The molecule has 2 rings (SSSR count). The van der Waals surface area contributed by atoms with E-state index < -0.39 is 6.03 Å². The van der Waals surface area contributed by atoms with Gasteiger partial charge < -0.3 is 16.0 Å². The van der Waals surface area contributed by atoms with Gasteiger partial charge in [0.05, 0.1) is 6.04 Å². The standard InChI is InChI=1S/C12H15N3O2/c1-8-2-4-10(5-3-8)15-7-9(6-11(15)16)14-12(13)17/h2-5,9H,6-7H2,1H3,(H3,13,14,17)/t9-/m1/s1. The summed E-state index contributed by atoms with van der Waals surface area (Å²) in [5.74, 6) is 0.00704. The van der Waals surface area contributed by atoms with Crippen molar-refractivity contribution in [2.75, 3.05) is 11.4 Å². The second-order valence-electron chi connectivity index (χ2n) is 4.25. The number of nitrogens with two attached hydrogens (primary N) is 1. The van der Waals surface area contributed by atoms with Crippen LogP contribution in [0.25, 0.3) is 0 Å². The molecule has 1 saturated heterocycles. The minimum Gasteiger partial charge on any atom is -0.352 e. The Balaban J connectivity index is 2.10. The van der Waals surface area contributed by atoms with E-state index in [9.17, 15) is 9.59 Å². The molecule has 1 atom stereocenters. The molecule has 90 valence electrons. The maximum atomic E-state index is 11.8. The number of nitrogens with one attached hydrogen (secondary N) is 1. The molecule has 1 aromatic rings. The maximum Gasteiger partial charge on any atom is 0.312 e. The van der Waals surface area contributed by atoms with Crippen LogP contribution in [0.1, 0.15) is 12.0 Å². The molecule has 0 radical (unpaired) electrons. The quantitative estimate of drug-likeness (QED) is 0.791. The zero-order valence-corrected chi connectivity index (χ0v) is 9.64.